The van der Waals surface area contributed by atoms with Gasteiger partial charge in [0.2, 0.25) is 0 Å². The van der Waals surface area contributed by atoms with E-state index < -0.39 is 0 Å². The Bertz CT molecular complexity index is 358. The summed E-state index contributed by atoms with van der Waals surface area (Å²) in [4.78, 5) is 21.1. The van der Waals surface area contributed by atoms with Crippen molar-refractivity contribution < 1.29 is 20.0 Å². The normalized spacial score (nSPS) is 20.5. The minimum absolute atomic E-state index is 0.464. The quantitative estimate of drug-likeness (QED) is 0.335. The van der Waals surface area contributed by atoms with E-state index in [1.807, 2.05) is 0 Å². The van der Waals surface area contributed by atoms with Gasteiger partial charge >= 0.3 is 0 Å². The fourth-order valence-electron chi connectivity index (χ4n) is 3.13. The van der Waals surface area contributed by atoms with Crippen LogP contribution in [0.4, 0.5) is 0 Å². The number of nitrogens with two attached hydrogens (primary N) is 1. The van der Waals surface area contributed by atoms with Gasteiger partial charge < -0.3 is 10.4 Å². The first-order chi connectivity index (χ1) is 12.2. The molecule has 0 aromatic carbocycles. The van der Waals surface area contributed by atoms with E-state index in [0.29, 0.717) is 11.6 Å². The molecule has 3 fully saturated rings. The van der Waals surface area contributed by atoms with Crippen LogP contribution in [-0.4, -0.2) is 27.7 Å². The lowest BCUT2D eigenvalue weighted by Crippen LogP contribution is -2.03. The second-order valence-electron chi connectivity index (χ2n) is 6.78. The molecule has 0 unspecified atom stereocenters. The van der Waals surface area contributed by atoms with E-state index in [2.05, 4.69) is 11.1 Å². The van der Waals surface area contributed by atoms with Crippen molar-refractivity contribution in [3.8, 4) is 0 Å². The number of carbonyl (C=O) groups excluding carboxylic acids is 2. The highest BCUT2D eigenvalue weighted by atomic mass is 16.4. The summed E-state index contributed by atoms with van der Waals surface area (Å²) in [5.74, 6) is 4.44. The smallest absolute Gasteiger partial charge is 0.132 e. The van der Waals surface area contributed by atoms with Crippen molar-refractivity contribution in [2.45, 2.75) is 103 Å². The molecule has 0 spiro atoms. The molecule has 0 aliphatic heterocycles. The van der Waals surface area contributed by atoms with Crippen molar-refractivity contribution in [2.75, 3.05) is 0 Å². The van der Waals surface area contributed by atoms with E-state index in [1.54, 1.807) is 0 Å². The number of hydrogen-bond acceptors (Lipinski definition) is 6. The molecule has 4 N–H and O–H groups in total. The molecule has 0 atom stereocenters. The van der Waals surface area contributed by atoms with E-state index in [1.165, 1.54) is 38.5 Å². The standard InChI is InChI=1S/C7H12O.C6H11NO.C6H10O.H3NO/c8-7-5-3-1-2-4-6-7;8-7-6-4-2-1-3-5-6;7-6-4-2-1-3-5-6;1-2/h1-6H2;8H,1-5H2;1-5H2;2H,1H2. The molecule has 3 aliphatic rings. The molecular formula is C19H36N2O4. The van der Waals surface area contributed by atoms with E-state index in [-0.39, 0.29) is 0 Å². The minimum Gasteiger partial charge on any atom is -0.411 e. The number of Topliss-reactive ketones (excluding diaryl/α,β-unsaturated/α-hetero) is 2. The lowest BCUT2D eigenvalue weighted by molar-refractivity contribution is -0.120. The van der Waals surface area contributed by atoms with Crippen molar-refractivity contribution in [1.82, 2.24) is 0 Å². The molecule has 0 amide bonds. The molecule has 0 saturated heterocycles. The van der Waals surface area contributed by atoms with Gasteiger partial charge in [-0.15, -0.1) is 0 Å². The first-order valence-corrected chi connectivity index (χ1v) is 9.71. The second kappa shape index (κ2) is 17.5. The summed E-state index contributed by atoms with van der Waals surface area (Å²) in [5.41, 5.74) is 0.983. The number of rotatable bonds is 0. The average molecular weight is 357 g/mol. The highest BCUT2D eigenvalue weighted by molar-refractivity contribution is 5.84. The zero-order valence-corrected chi connectivity index (χ0v) is 15.5. The highest BCUT2D eigenvalue weighted by Crippen LogP contribution is 2.14. The van der Waals surface area contributed by atoms with Crippen molar-refractivity contribution in [2.24, 2.45) is 11.1 Å². The summed E-state index contributed by atoms with van der Waals surface area (Å²) in [7, 11) is 0. The molecular weight excluding hydrogens is 320 g/mol. The Morgan fingerprint density at radius 1 is 0.560 bits per heavy atom. The highest BCUT2D eigenvalue weighted by Gasteiger charge is 2.06. The predicted octanol–water partition coefficient (Wildman–Crippen LogP) is 4.54. The Labute approximate surface area is 151 Å². The molecule has 146 valence electrons. The van der Waals surface area contributed by atoms with Gasteiger partial charge in [0.25, 0.3) is 0 Å². The minimum atomic E-state index is 0.464. The molecule has 0 aromatic rings. The monoisotopic (exact) mass is 356 g/mol. The van der Waals surface area contributed by atoms with Crippen LogP contribution in [0.3, 0.4) is 0 Å². The van der Waals surface area contributed by atoms with E-state index in [4.69, 9.17) is 10.4 Å². The van der Waals surface area contributed by atoms with Gasteiger partial charge in [0.15, 0.2) is 0 Å². The summed E-state index contributed by atoms with van der Waals surface area (Å²) >= 11 is 0. The van der Waals surface area contributed by atoms with Crippen LogP contribution in [-0.2, 0) is 9.59 Å². The van der Waals surface area contributed by atoms with Crippen LogP contribution in [0.25, 0.3) is 0 Å². The van der Waals surface area contributed by atoms with Crippen LogP contribution in [0.1, 0.15) is 103 Å². The first-order valence-electron chi connectivity index (χ1n) is 9.71. The molecule has 0 aromatic heterocycles. The third-order valence-electron chi connectivity index (χ3n) is 4.64. The summed E-state index contributed by atoms with van der Waals surface area (Å²) < 4.78 is 0. The summed E-state index contributed by atoms with van der Waals surface area (Å²) in [5, 5.41) is 17.9. The zero-order valence-electron chi connectivity index (χ0n) is 15.5. The van der Waals surface area contributed by atoms with Gasteiger partial charge in [0.1, 0.15) is 11.6 Å². The van der Waals surface area contributed by atoms with Crippen molar-refractivity contribution in [1.29, 1.82) is 0 Å². The first kappa shape index (κ1) is 23.7. The van der Waals surface area contributed by atoms with Crippen molar-refractivity contribution >= 4 is 17.3 Å². The largest absolute Gasteiger partial charge is 0.411 e. The Hall–Kier alpha value is -1.27. The maximum Gasteiger partial charge on any atom is 0.132 e. The summed E-state index contributed by atoms with van der Waals surface area (Å²) in [6, 6.07) is 0. The van der Waals surface area contributed by atoms with Crippen molar-refractivity contribution in [3.05, 3.63) is 0 Å². The van der Waals surface area contributed by atoms with Crippen LogP contribution >= 0.6 is 0 Å². The summed E-state index contributed by atoms with van der Waals surface area (Å²) in [6.07, 6.45) is 17.5. The Kier molecular flexibility index (Phi) is 16.7. The molecule has 0 radical (unpaired) electrons. The number of ketones is 2. The predicted molar refractivity (Wildman–Crippen MR) is 99.1 cm³/mol. The molecule has 3 aliphatic carbocycles. The lowest BCUT2D eigenvalue weighted by Gasteiger charge is -2.08. The van der Waals surface area contributed by atoms with Crippen LogP contribution in [0, 0.1) is 0 Å². The third-order valence-corrected chi connectivity index (χ3v) is 4.64. The molecule has 3 rings (SSSR count). The molecule has 0 bridgehead atoms. The number of nitrogens with zero attached hydrogens (tertiary/aromatic N) is 1. The van der Waals surface area contributed by atoms with Gasteiger partial charge in [-0.1, -0.05) is 30.8 Å². The second-order valence-corrected chi connectivity index (χ2v) is 6.78. The molecule has 0 heterocycles. The fourth-order valence-corrected chi connectivity index (χ4v) is 3.13. The van der Waals surface area contributed by atoms with Crippen LogP contribution < -0.4 is 5.90 Å². The maximum absolute atomic E-state index is 10.7. The third kappa shape index (κ3) is 14.8. The van der Waals surface area contributed by atoms with Gasteiger partial charge in [-0.25, -0.2) is 5.90 Å². The van der Waals surface area contributed by atoms with Gasteiger partial charge in [0.05, 0.1) is 5.71 Å². The number of hydrogen-bond donors (Lipinski definition) is 3. The Morgan fingerprint density at radius 2 is 0.840 bits per heavy atom. The molecule has 3 saturated carbocycles. The van der Waals surface area contributed by atoms with Gasteiger partial charge in [0, 0.05) is 25.7 Å². The SMILES string of the molecule is NO.O=C1CCCCC1.O=C1CCCCCC1.ON=C1CCCCC1. The topological polar surface area (TPSA) is 113 Å². The van der Waals surface area contributed by atoms with Gasteiger partial charge in [-0.3, -0.25) is 9.59 Å². The average Bonchev–Trinajstić information content (AvgIpc) is 2.93. The number of carbonyl (C=O) groups is 2. The Balaban J connectivity index is 0.000000330. The lowest BCUT2D eigenvalue weighted by atomic mass is 9.99. The van der Waals surface area contributed by atoms with Crippen LogP contribution in [0.5, 0.6) is 0 Å². The van der Waals surface area contributed by atoms with Gasteiger partial charge in [-0.05, 0) is 51.4 Å². The van der Waals surface area contributed by atoms with E-state index in [9.17, 15) is 9.59 Å². The fraction of sp³-hybridized carbons (Fsp3) is 0.842. The maximum atomic E-state index is 10.7. The Morgan fingerprint density at radius 3 is 1.12 bits per heavy atom. The van der Waals surface area contributed by atoms with Crippen LogP contribution in [0.2, 0.25) is 0 Å². The van der Waals surface area contributed by atoms with E-state index in [0.717, 1.165) is 69.9 Å². The molecule has 25 heavy (non-hydrogen) atoms. The molecule has 6 heteroatoms. The summed E-state index contributed by atoms with van der Waals surface area (Å²) in [6.45, 7) is 0. The van der Waals surface area contributed by atoms with E-state index >= 15 is 0 Å². The molecule has 6 nitrogen and oxygen atoms in total. The van der Waals surface area contributed by atoms with Crippen molar-refractivity contribution in [3.63, 3.8) is 0 Å². The van der Waals surface area contributed by atoms with Gasteiger partial charge in [-0.2, -0.15) is 0 Å². The number of oxime groups is 1. The zero-order chi connectivity index (χ0) is 18.8. The van der Waals surface area contributed by atoms with Crippen LogP contribution in [0.15, 0.2) is 5.16 Å².